The number of nitrogens with zero attached hydrogens (tertiary/aromatic N) is 5. The molecule has 0 unspecified atom stereocenters. The quantitative estimate of drug-likeness (QED) is 0.402. The second-order valence-electron chi connectivity index (χ2n) is 7.50. The van der Waals surface area contributed by atoms with Gasteiger partial charge in [-0.3, -0.25) is 9.20 Å². The first-order chi connectivity index (χ1) is 15.5. The Morgan fingerprint density at radius 1 is 1.06 bits per heavy atom. The van der Waals surface area contributed by atoms with Crippen molar-refractivity contribution in [3.8, 4) is 11.3 Å². The number of fused-ring (bicyclic) bond motifs is 3. The fourth-order valence-electron chi connectivity index (χ4n) is 3.40. The number of amides is 1. The summed E-state index contributed by atoms with van der Waals surface area (Å²) in [5, 5.41) is 16.5. The number of anilines is 1. The highest BCUT2D eigenvalue weighted by atomic mass is 32.2. The maximum Gasteiger partial charge on any atom is 0.234 e. The first-order valence-corrected chi connectivity index (χ1v) is 11.0. The third-order valence-corrected chi connectivity index (χ3v) is 6.08. The van der Waals surface area contributed by atoms with Crippen molar-refractivity contribution < 1.29 is 9.18 Å². The lowest BCUT2D eigenvalue weighted by atomic mass is 10.1. The van der Waals surface area contributed by atoms with E-state index < -0.39 is 5.82 Å². The van der Waals surface area contributed by atoms with E-state index in [0.29, 0.717) is 16.5 Å². The monoisotopic (exact) mass is 446 g/mol. The minimum absolute atomic E-state index is 0.121. The van der Waals surface area contributed by atoms with Crippen LogP contribution in [-0.2, 0) is 4.79 Å². The van der Waals surface area contributed by atoms with E-state index in [0.717, 1.165) is 22.3 Å². The third-order valence-electron chi connectivity index (χ3n) is 5.14. The van der Waals surface area contributed by atoms with Crippen LogP contribution >= 0.6 is 11.8 Å². The van der Waals surface area contributed by atoms with E-state index in [2.05, 4.69) is 32.7 Å². The summed E-state index contributed by atoms with van der Waals surface area (Å²) in [6.45, 7) is 3.86. The molecule has 5 rings (SSSR count). The van der Waals surface area contributed by atoms with Crippen LogP contribution in [0.15, 0.2) is 66.1 Å². The highest BCUT2D eigenvalue weighted by molar-refractivity contribution is 7.99. The van der Waals surface area contributed by atoms with Gasteiger partial charge in [0.15, 0.2) is 10.8 Å². The summed E-state index contributed by atoms with van der Waals surface area (Å²) in [4.78, 5) is 12.4. The van der Waals surface area contributed by atoms with E-state index in [1.54, 1.807) is 10.6 Å². The lowest BCUT2D eigenvalue weighted by molar-refractivity contribution is -0.113. The molecule has 0 aliphatic rings. The summed E-state index contributed by atoms with van der Waals surface area (Å²) in [7, 11) is 0. The molecule has 0 saturated carbocycles. The molecule has 0 aliphatic heterocycles. The van der Waals surface area contributed by atoms with Crippen LogP contribution in [0.3, 0.4) is 0 Å². The zero-order chi connectivity index (χ0) is 22.2. The van der Waals surface area contributed by atoms with Gasteiger partial charge >= 0.3 is 0 Å². The Bertz CT molecular complexity index is 1460. The summed E-state index contributed by atoms with van der Waals surface area (Å²) < 4.78 is 17.1. The summed E-state index contributed by atoms with van der Waals surface area (Å²) >= 11 is 1.26. The van der Waals surface area contributed by atoms with Gasteiger partial charge in [-0.1, -0.05) is 47.7 Å². The van der Waals surface area contributed by atoms with Crippen molar-refractivity contribution in [1.82, 2.24) is 24.2 Å². The molecule has 160 valence electrons. The summed E-state index contributed by atoms with van der Waals surface area (Å²) in [6, 6.07) is 14.5. The summed E-state index contributed by atoms with van der Waals surface area (Å²) in [6.07, 6.45) is 3.66. The molecule has 0 aliphatic carbocycles. The summed E-state index contributed by atoms with van der Waals surface area (Å²) in [5.74, 6) is -0.514. The largest absolute Gasteiger partial charge is 0.325 e. The molecule has 0 atom stereocenters. The Morgan fingerprint density at radius 3 is 2.69 bits per heavy atom. The van der Waals surface area contributed by atoms with Gasteiger partial charge < -0.3 is 5.32 Å². The minimum atomic E-state index is -0.392. The normalized spacial score (nSPS) is 11.3. The molecule has 32 heavy (non-hydrogen) atoms. The number of rotatable bonds is 5. The molecule has 0 fully saturated rings. The number of nitrogens with one attached hydrogen (secondary N) is 1. The summed E-state index contributed by atoms with van der Waals surface area (Å²) in [5.41, 5.74) is 5.80. The highest BCUT2D eigenvalue weighted by Gasteiger charge is 2.14. The molecule has 3 heterocycles. The zero-order valence-electron chi connectivity index (χ0n) is 17.4. The number of hydrogen-bond acceptors (Lipinski definition) is 5. The molecule has 0 radical (unpaired) electrons. The van der Waals surface area contributed by atoms with Gasteiger partial charge in [0, 0.05) is 23.6 Å². The van der Waals surface area contributed by atoms with Crippen molar-refractivity contribution in [1.29, 1.82) is 0 Å². The van der Waals surface area contributed by atoms with E-state index in [-0.39, 0.29) is 11.7 Å². The van der Waals surface area contributed by atoms with Crippen LogP contribution in [0.1, 0.15) is 11.1 Å². The Labute approximate surface area is 187 Å². The predicted molar refractivity (Wildman–Crippen MR) is 122 cm³/mol. The number of thioether (sulfide) groups is 1. The Morgan fingerprint density at radius 2 is 1.88 bits per heavy atom. The van der Waals surface area contributed by atoms with Gasteiger partial charge in [0.05, 0.1) is 11.4 Å². The van der Waals surface area contributed by atoms with Crippen molar-refractivity contribution in [3.63, 3.8) is 0 Å². The van der Waals surface area contributed by atoms with Gasteiger partial charge in [0.1, 0.15) is 11.3 Å². The SMILES string of the molecule is Cc1ccc(-c2cc3c4nnc(SCC(=O)Nc5cc(F)ccc5C)n4ccn3n2)cc1. The second kappa shape index (κ2) is 8.08. The van der Waals surface area contributed by atoms with Crippen molar-refractivity contribution >= 4 is 34.5 Å². The van der Waals surface area contributed by atoms with Gasteiger partial charge in [-0.15, -0.1) is 10.2 Å². The van der Waals surface area contributed by atoms with E-state index >= 15 is 0 Å². The molecule has 0 spiro atoms. The van der Waals surface area contributed by atoms with Crippen LogP contribution < -0.4 is 5.32 Å². The topological polar surface area (TPSA) is 76.6 Å². The van der Waals surface area contributed by atoms with Crippen LogP contribution in [0.25, 0.3) is 22.4 Å². The molecule has 1 N–H and O–H groups in total. The average molecular weight is 447 g/mol. The Kier molecular flexibility index (Phi) is 5.10. The lowest BCUT2D eigenvalue weighted by Gasteiger charge is -2.08. The number of carbonyl (C=O) groups excluding carboxylic acids is 1. The number of aryl methyl sites for hydroxylation is 2. The molecular formula is C23H19FN6OS. The number of hydrogen-bond donors (Lipinski definition) is 1. The molecule has 0 bridgehead atoms. The van der Waals surface area contributed by atoms with Crippen molar-refractivity contribution in [2.75, 3.05) is 11.1 Å². The Balaban J connectivity index is 1.37. The van der Waals surface area contributed by atoms with Crippen LogP contribution in [0, 0.1) is 19.7 Å². The molecule has 1 amide bonds. The molecule has 7 nitrogen and oxygen atoms in total. The molecular weight excluding hydrogens is 427 g/mol. The van der Waals surface area contributed by atoms with Crippen molar-refractivity contribution in [2.24, 2.45) is 0 Å². The maximum atomic E-state index is 13.5. The number of halogens is 1. The van der Waals surface area contributed by atoms with E-state index in [4.69, 9.17) is 0 Å². The van der Waals surface area contributed by atoms with Gasteiger partial charge in [-0.2, -0.15) is 5.10 Å². The van der Waals surface area contributed by atoms with E-state index in [1.165, 1.54) is 29.5 Å². The zero-order valence-corrected chi connectivity index (χ0v) is 18.2. The van der Waals surface area contributed by atoms with Crippen LogP contribution in [0.5, 0.6) is 0 Å². The molecule has 9 heteroatoms. The first-order valence-electron chi connectivity index (χ1n) is 9.97. The van der Waals surface area contributed by atoms with Crippen LogP contribution in [-0.4, -0.2) is 35.9 Å². The fourth-order valence-corrected chi connectivity index (χ4v) is 4.12. The number of aromatic nitrogens is 5. The van der Waals surface area contributed by atoms with Gasteiger partial charge in [0.2, 0.25) is 5.91 Å². The van der Waals surface area contributed by atoms with E-state index in [1.807, 2.05) is 48.8 Å². The lowest BCUT2D eigenvalue weighted by Crippen LogP contribution is -2.15. The second-order valence-corrected chi connectivity index (χ2v) is 8.44. The molecule has 3 aromatic heterocycles. The van der Waals surface area contributed by atoms with E-state index in [9.17, 15) is 9.18 Å². The highest BCUT2D eigenvalue weighted by Crippen LogP contribution is 2.25. The number of carbonyl (C=O) groups is 1. The van der Waals surface area contributed by atoms with Crippen molar-refractivity contribution in [2.45, 2.75) is 19.0 Å². The van der Waals surface area contributed by atoms with Crippen LogP contribution in [0.4, 0.5) is 10.1 Å². The average Bonchev–Trinajstić information content (AvgIpc) is 3.39. The third kappa shape index (κ3) is 3.82. The smallest absolute Gasteiger partial charge is 0.234 e. The first kappa shape index (κ1) is 20.2. The fraction of sp³-hybridized carbons (Fsp3) is 0.130. The Hall–Kier alpha value is -3.72. The van der Waals surface area contributed by atoms with Gasteiger partial charge in [-0.05, 0) is 37.6 Å². The van der Waals surface area contributed by atoms with Gasteiger partial charge in [-0.25, -0.2) is 8.91 Å². The standard InChI is InChI=1S/C23H19FN6OS/c1-14-3-6-16(7-4-14)19-12-20-22-26-27-23(29(22)9-10-30(20)28-19)32-13-21(31)25-18-11-17(24)8-5-15(18)2/h3-12H,13H2,1-2H3,(H,25,31). The van der Waals surface area contributed by atoms with Crippen LogP contribution in [0.2, 0.25) is 0 Å². The van der Waals surface area contributed by atoms with Gasteiger partial charge in [0.25, 0.3) is 0 Å². The van der Waals surface area contributed by atoms with Crippen molar-refractivity contribution in [3.05, 3.63) is 77.9 Å². The molecule has 2 aromatic carbocycles. The maximum absolute atomic E-state index is 13.5. The predicted octanol–water partition coefficient (Wildman–Crippen LogP) is 4.53. The number of benzene rings is 2. The molecule has 5 aromatic rings. The molecule has 0 saturated heterocycles. The minimum Gasteiger partial charge on any atom is -0.325 e.